The molecule has 0 heterocycles. The maximum absolute atomic E-state index is 13.1. The van der Waals surface area contributed by atoms with Crippen LogP contribution >= 0.6 is 7.14 Å². The third-order valence-corrected chi connectivity index (χ3v) is 2.40. The number of benzene rings is 1. The summed E-state index contributed by atoms with van der Waals surface area (Å²) in [6.07, 6.45) is 0. The molecular weight excluding hydrogens is 176 g/mol. The molecule has 0 atom stereocenters. The van der Waals surface area contributed by atoms with Crippen LogP contribution in [0.5, 0.6) is 0 Å². The monoisotopic (exact) mass is 193 g/mol. The molecule has 0 bridgehead atoms. The van der Waals surface area contributed by atoms with Gasteiger partial charge in [0.25, 0.3) is 0 Å². The van der Waals surface area contributed by atoms with Crippen LogP contribution in [-0.4, -0.2) is 13.2 Å². The van der Waals surface area contributed by atoms with Crippen molar-refractivity contribution >= 4 is 18.1 Å². The summed E-state index contributed by atoms with van der Waals surface area (Å²) >= 11 is 0. The van der Waals surface area contributed by atoms with Crippen LogP contribution in [0.15, 0.2) is 18.2 Å². The van der Waals surface area contributed by atoms with Crippen LogP contribution in [0.2, 0.25) is 0 Å². The topological polar surface area (TPSA) is 43.1 Å². The SMILES string of the molecule is [2H]C([2H])([2H])P(=O)(c1cc(F)ccc1N)C([2H])([2H])[2H]. The van der Waals surface area contributed by atoms with E-state index in [2.05, 4.69) is 0 Å². The Balaban J connectivity index is 3.67. The number of nitrogen functional groups attached to an aromatic ring is 1. The van der Waals surface area contributed by atoms with Crippen molar-refractivity contribution in [3.8, 4) is 0 Å². The van der Waals surface area contributed by atoms with E-state index in [1.165, 1.54) is 0 Å². The second-order valence-electron chi connectivity index (χ2n) is 2.31. The third-order valence-electron chi connectivity index (χ3n) is 1.33. The highest BCUT2D eigenvalue weighted by atomic mass is 31.2. The van der Waals surface area contributed by atoms with Gasteiger partial charge < -0.3 is 10.3 Å². The first-order valence-corrected chi connectivity index (χ1v) is 4.78. The minimum absolute atomic E-state index is 0.313. The Morgan fingerprint density at radius 1 is 1.58 bits per heavy atom. The van der Waals surface area contributed by atoms with Gasteiger partial charge in [-0.15, -0.1) is 0 Å². The van der Waals surface area contributed by atoms with Crippen LogP contribution in [0.3, 0.4) is 0 Å². The van der Waals surface area contributed by atoms with E-state index in [1.54, 1.807) is 0 Å². The molecule has 12 heavy (non-hydrogen) atoms. The third kappa shape index (κ3) is 1.86. The van der Waals surface area contributed by atoms with E-state index in [-0.39, 0.29) is 5.69 Å². The highest BCUT2D eigenvalue weighted by molar-refractivity contribution is 7.70. The summed E-state index contributed by atoms with van der Waals surface area (Å²) in [5.41, 5.74) is 5.12. The molecule has 0 saturated heterocycles. The lowest BCUT2D eigenvalue weighted by Crippen LogP contribution is -2.10. The summed E-state index contributed by atoms with van der Waals surface area (Å²) in [6, 6.07) is 2.53. The fraction of sp³-hybridized carbons (Fsp3) is 0.250. The average Bonchev–Trinajstić information content (AvgIpc) is 2.17. The number of hydrogen-bond acceptors (Lipinski definition) is 2. The molecule has 0 aliphatic carbocycles. The predicted octanol–water partition coefficient (Wildman–Crippen LogP) is 1.66. The van der Waals surface area contributed by atoms with Gasteiger partial charge in [-0.1, -0.05) is 0 Å². The fourth-order valence-electron chi connectivity index (χ4n) is 0.790. The molecule has 2 nitrogen and oxygen atoms in total. The van der Waals surface area contributed by atoms with Crippen LogP contribution in [0.4, 0.5) is 10.1 Å². The van der Waals surface area contributed by atoms with Crippen molar-refractivity contribution in [2.75, 3.05) is 18.9 Å². The zero-order chi connectivity index (χ0) is 14.4. The summed E-state index contributed by atoms with van der Waals surface area (Å²) in [5.74, 6) is -0.895. The normalized spacial score (nSPS) is 21.1. The molecule has 0 aliphatic rings. The van der Waals surface area contributed by atoms with Crippen LogP contribution in [0.25, 0.3) is 0 Å². The maximum atomic E-state index is 13.1. The van der Waals surface area contributed by atoms with Crippen molar-refractivity contribution in [2.24, 2.45) is 0 Å². The van der Waals surface area contributed by atoms with E-state index in [9.17, 15) is 8.96 Å². The van der Waals surface area contributed by atoms with Gasteiger partial charge in [-0.05, 0) is 31.4 Å². The van der Waals surface area contributed by atoms with E-state index < -0.39 is 31.4 Å². The molecule has 4 heteroatoms. The van der Waals surface area contributed by atoms with Crippen molar-refractivity contribution in [3.63, 3.8) is 0 Å². The Labute approximate surface area is 79.4 Å². The Bertz CT molecular complexity index is 493. The Kier molecular flexibility index (Phi) is 0.951. The molecule has 66 valence electrons. The van der Waals surface area contributed by atoms with Crippen LogP contribution in [0, 0.1) is 5.82 Å². The molecule has 1 aromatic carbocycles. The molecule has 0 aliphatic heterocycles. The smallest absolute Gasteiger partial charge is 0.124 e. The van der Waals surface area contributed by atoms with Crippen LogP contribution in [-0.2, 0) is 4.57 Å². The largest absolute Gasteiger partial charge is 0.398 e. The highest BCUT2D eigenvalue weighted by Gasteiger charge is 2.14. The van der Waals surface area contributed by atoms with Crippen molar-refractivity contribution in [2.45, 2.75) is 0 Å². The lowest BCUT2D eigenvalue weighted by atomic mass is 10.3. The molecule has 0 aromatic heterocycles. The van der Waals surface area contributed by atoms with Crippen molar-refractivity contribution in [3.05, 3.63) is 24.0 Å². The molecule has 0 saturated carbocycles. The van der Waals surface area contributed by atoms with Gasteiger partial charge in [0.2, 0.25) is 0 Å². The van der Waals surface area contributed by atoms with E-state index in [0.29, 0.717) is 6.07 Å². The van der Waals surface area contributed by atoms with Gasteiger partial charge in [-0.3, -0.25) is 0 Å². The van der Waals surface area contributed by atoms with Crippen molar-refractivity contribution in [1.82, 2.24) is 0 Å². The molecule has 0 radical (unpaired) electrons. The second kappa shape index (κ2) is 2.91. The van der Waals surface area contributed by atoms with Gasteiger partial charge >= 0.3 is 0 Å². The van der Waals surface area contributed by atoms with Crippen LogP contribution in [0.1, 0.15) is 8.22 Å². The first-order chi connectivity index (χ1) is 7.91. The zero-order valence-electron chi connectivity index (χ0n) is 12.0. The summed E-state index contributed by atoms with van der Waals surface area (Å²) in [5, 5.41) is -0.664. The van der Waals surface area contributed by atoms with Gasteiger partial charge in [0.05, 0.1) is 0 Å². The Morgan fingerprint density at radius 2 is 2.25 bits per heavy atom. The average molecular weight is 193 g/mol. The Morgan fingerprint density at radius 3 is 2.83 bits per heavy atom. The van der Waals surface area contributed by atoms with Gasteiger partial charge in [0.15, 0.2) is 0 Å². The quantitative estimate of drug-likeness (QED) is 0.544. The van der Waals surface area contributed by atoms with Crippen molar-refractivity contribution in [1.29, 1.82) is 0 Å². The zero-order valence-corrected chi connectivity index (χ0v) is 6.94. The number of halogens is 1. The molecule has 0 spiro atoms. The van der Waals surface area contributed by atoms with Gasteiger partial charge in [0, 0.05) is 19.2 Å². The minimum atomic E-state index is -4.87. The molecule has 0 unspecified atom stereocenters. The van der Waals surface area contributed by atoms with E-state index in [4.69, 9.17) is 14.0 Å². The van der Waals surface area contributed by atoms with E-state index in [0.717, 1.165) is 12.1 Å². The summed E-state index contributed by atoms with van der Waals surface area (Å²) in [6.45, 7) is -6.56. The molecule has 0 amide bonds. The molecule has 1 rings (SSSR count). The molecular formula is C8H11FNOP. The number of nitrogens with two attached hydrogens (primary N) is 1. The molecule has 2 N–H and O–H groups in total. The standard InChI is InChI=1S/C8H11FNOP/c1-12(2,11)8-5-6(9)3-4-7(8)10/h3-5H,10H2,1-2H3/i1D3,2D3. The number of anilines is 1. The predicted molar refractivity (Wildman–Crippen MR) is 49.9 cm³/mol. The lowest BCUT2D eigenvalue weighted by molar-refractivity contribution is 0.587. The van der Waals surface area contributed by atoms with Crippen molar-refractivity contribution < 1.29 is 17.2 Å². The lowest BCUT2D eigenvalue weighted by Gasteiger charge is -2.09. The first-order valence-electron chi connectivity index (χ1n) is 6.07. The van der Waals surface area contributed by atoms with E-state index in [1.807, 2.05) is 0 Å². The molecule has 0 fully saturated rings. The number of rotatable bonds is 1. The van der Waals surface area contributed by atoms with Gasteiger partial charge in [0.1, 0.15) is 13.0 Å². The maximum Gasteiger partial charge on any atom is 0.124 e. The highest BCUT2D eigenvalue weighted by Crippen LogP contribution is 2.36. The van der Waals surface area contributed by atoms with Crippen LogP contribution < -0.4 is 11.0 Å². The first kappa shape index (κ1) is 3.93. The van der Waals surface area contributed by atoms with E-state index >= 15 is 0 Å². The second-order valence-corrected chi connectivity index (χ2v) is 4.01. The number of hydrogen-bond donors (Lipinski definition) is 1. The minimum Gasteiger partial charge on any atom is -0.398 e. The Hall–Kier alpha value is -0.820. The molecule has 1 aromatic rings. The van der Waals surface area contributed by atoms with Gasteiger partial charge in [-0.25, -0.2) is 4.39 Å². The fourth-order valence-corrected chi connectivity index (χ4v) is 1.53. The summed E-state index contributed by atoms with van der Waals surface area (Å²) < 4.78 is 68.6. The van der Waals surface area contributed by atoms with Gasteiger partial charge in [-0.2, -0.15) is 0 Å². The summed E-state index contributed by atoms with van der Waals surface area (Å²) in [4.78, 5) is 0. The summed E-state index contributed by atoms with van der Waals surface area (Å²) in [7, 11) is -4.87.